The molecule has 818 valence electrons. The van der Waals surface area contributed by atoms with Crippen LogP contribution in [0.5, 0.6) is 0 Å². The van der Waals surface area contributed by atoms with Crippen molar-refractivity contribution >= 4 is 59.1 Å². The van der Waals surface area contributed by atoms with Crippen LogP contribution in [0.3, 0.4) is 0 Å². The molecule has 2 saturated heterocycles. The van der Waals surface area contributed by atoms with Crippen molar-refractivity contribution < 1.29 is 201 Å². The lowest BCUT2D eigenvalue weighted by Crippen LogP contribution is -2.60. The van der Waals surface area contributed by atoms with E-state index in [9.17, 15) is 88.8 Å². The fraction of sp³-hybridized carbons (Fsp3) is 0.875. The number of carboxylic acid groups (broad SMARTS) is 1. The monoisotopic (exact) mass is 2010 g/mol. The van der Waals surface area contributed by atoms with Crippen LogP contribution in [0.25, 0.3) is 4.85 Å². The number of nitrogens with zero attached hydrogens (tertiary/aromatic N) is 7. The Morgan fingerprint density at radius 1 is 0.442 bits per heavy atom. The van der Waals surface area contributed by atoms with Gasteiger partial charge in [0.25, 0.3) is 11.8 Å². The van der Waals surface area contributed by atoms with E-state index in [1.165, 1.54) is 126 Å². The number of carbonyl (C=O) groups is 10. The molecule has 10 unspecified atom stereocenters. The maximum absolute atomic E-state index is 12.3. The molecule has 0 aromatic carbocycles. The van der Waals surface area contributed by atoms with E-state index < -0.39 is 183 Å². The van der Waals surface area contributed by atoms with E-state index in [2.05, 4.69) is 34.6 Å². The molecule has 0 aromatic rings. The Morgan fingerprint density at radius 2 is 0.826 bits per heavy atom. The minimum absolute atomic E-state index is 0.000230. The Bertz CT molecular complexity index is 3080. The zero-order valence-corrected chi connectivity index (χ0v) is 82.2. The molecule has 0 saturated carbocycles. The van der Waals surface area contributed by atoms with Crippen LogP contribution >= 0.6 is 0 Å². The van der Waals surface area contributed by atoms with E-state index in [4.69, 9.17) is 119 Å². The van der Waals surface area contributed by atoms with Gasteiger partial charge < -0.3 is 203 Å². The van der Waals surface area contributed by atoms with E-state index in [-0.39, 0.29) is 162 Å². The van der Waals surface area contributed by atoms with Crippen LogP contribution < -0.4 is 16.0 Å². The Hall–Kier alpha value is -6.97. The molecule has 2 aliphatic heterocycles. The molecule has 2 fully saturated rings. The van der Waals surface area contributed by atoms with Crippen LogP contribution in [-0.2, 0) is 47.9 Å². The summed E-state index contributed by atoms with van der Waals surface area (Å²) in [4.78, 5) is 122. The van der Waals surface area contributed by atoms with Gasteiger partial charge in [-0.05, 0) is 19.3 Å². The van der Waals surface area contributed by atoms with Crippen LogP contribution in [0.15, 0.2) is 0 Å². The van der Waals surface area contributed by atoms with Crippen molar-refractivity contribution in [2.24, 2.45) is 10.8 Å². The maximum Gasteiger partial charge on any atom is 0.305 e. The predicted octanol–water partition coefficient (Wildman–Crippen LogP) is -10.7. The van der Waals surface area contributed by atoms with Gasteiger partial charge in [-0.25, -0.2) is 6.57 Å². The van der Waals surface area contributed by atoms with Crippen molar-refractivity contribution in [1.82, 2.24) is 45.3 Å². The molecule has 33 N–H and O–H groups in total. The molecular formula is C88H176N10O40. The molecular weight excluding hydrogens is 1840 g/mol. The van der Waals surface area contributed by atoms with Crippen molar-refractivity contribution in [3.05, 3.63) is 11.4 Å². The van der Waals surface area contributed by atoms with E-state index in [1.807, 2.05) is 0 Å². The van der Waals surface area contributed by atoms with Gasteiger partial charge in [-0.15, -0.1) is 0 Å². The zero-order chi connectivity index (χ0) is 108. The number of hydrogen-bond donors (Lipinski definition) is 33. The molecule has 2 rings (SSSR count). The van der Waals surface area contributed by atoms with Crippen LogP contribution in [0.2, 0.25) is 0 Å². The first-order chi connectivity index (χ1) is 65.1. The van der Waals surface area contributed by atoms with Gasteiger partial charge in [0.05, 0.1) is 143 Å². The minimum atomic E-state index is -1.85. The second kappa shape index (κ2) is 88.9. The lowest BCUT2D eigenvalue weighted by atomic mass is 9.87. The van der Waals surface area contributed by atoms with Crippen LogP contribution in [-0.4, -0.2) is 532 Å². The maximum atomic E-state index is 12.3. The summed E-state index contributed by atoms with van der Waals surface area (Å²) in [6.45, 7) is 11.3. The summed E-state index contributed by atoms with van der Waals surface area (Å²) in [5, 5.41) is 276. The highest BCUT2D eigenvalue weighted by Gasteiger charge is 2.42. The number of nitrogens with one attached hydrogen (secondary N) is 3. The van der Waals surface area contributed by atoms with Crippen LogP contribution in [0.4, 0.5) is 0 Å². The number of likely N-dealkylation sites (tertiary alicyclic amines) is 2. The van der Waals surface area contributed by atoms with Gasteiger partial charge in [0.1, 0.15) is 54.3 Å². The average Bonchev–Trinajstić information content (AvgIpc) is 1.25. The molecule has 0 spiro atoms. The van der Waals surface area contributed by atoms with Gasteiger partial charge >= 0.3 is 5.97 Å². The molecule has 0 radical (unpaired) electrons. The third-order valence-electron chi connectivity index (χ3n) is 21.3. The third kappa shape index (κ3) is 65.3. The number of unbranched alkanes of at least 4 members (excludes halogenated alkanes) is 16. The quantitative estimate of drug-likeness (QED) is 0.0199. The number of hydrogen-bond acceptors (Lipinski definition) is 39. The molecule has 9 amide bonds. The topological polar surface area (TPSA) is 837 Å². The summed E-state index contributed by atoms with van der Waals surface area (Å²) >= 11 is 0. The minimum Gasteiger partial charge on any atom is -0.481 e. The number of amides is 9. The number of aliphatic carboxylic acids is 1. The average molecular weight is 2010 g/mol. The molecule has 10 atom stereocenters. The molecule has 2 aliphatic rings. The van der Waals surface area contributed by atoms with Crippen LogP contribution in [0, 0.1) is 17.4 Å². The number of aliphatic hydroxyl groups is 29. The lowest BCUT2D eigenvalue weighted by Gasteiger charge is -2.40. The van der Waals surface area contributed by atoms with Gasteiger partial charge in [0, 0.05) is 116 Å². The van der Waals surface area contributed by atoms with E-state index in [0.717, 1.165) is 41.9 Å². The van der Waals surface area contributed by atoms with Crippen LogP contribution in [0.1, 0.15) is 196 Å². The third-order valence-corrected chi connectivity index (χ3v) is 21.3. The van der Waals surface area contributed by atoms with E-state index >= 15 is 0 Å². The summed E-state index contributed by atoms with van der Waals surface area (Å²) in [5.74, 6) is -5.04. The SMILES string of the molecule is CC(C)(CO)C(O)C(=O)NCCC(=O)O.CC(C)(CO)C(O)C(=O)NCCCO.CCCCCCCCCCCC(=O)N(CCO)C(CO)(CO)CO.CCCCCCCCCCCC(=O)N(CCO)CCO.CN(C)C(=O)C(O)C(O)C(O)C(O)CO.O=C(CCO)N(CCO)C(CO)(CO)CO.O=C(CO)N1CC(O)C(O)C1.O=C1C(O)C(O)CN1CCO.[C-]#[N+]CCC(=O)NC(CO)CO. The standard InChI is InChI=1S/C18H37NO5.C16H33NO3.C9H19NO6.C9H17NO5.C9H19NO4.C8H17NO6.C7H12N2O3.2C6H11NO4/c1-2-3-4-5-6-7-8-9-10-11-17(24)19(12-13-20)18(14-21,15-22)16-23;1-2-3-4-5-6-7-8-9-10-11-16(20)17(12-14-18)13-15-19;11-3-1-8(16)10(2-4-12)9(5-13,6-14)7-15;1-9(2,5-11)7(14)8(15)10-4-3-6(12)13;1-9(2,6-12)7(13)8(14)10-4-3-5-11;1-9(2)8(15)7(14)6(13)5(12)4(11)3-10;1-8-3-2-7(12)9-6(4-10)5-11;8-3-6(11)7-1-4(9)5(10)2-7;8-2-1-7-3-4(9)5(10)6(7)11/h20-23H,2-16H2,1H3;18-19H,2-15H2,1H3;11-15H,1-7H2;7,11,14H,3-5H2,1-2H3,(H,10,15)(H,12,13);7,11-13H,3-6H2,1-2H3,(H,10,14);4-7,10-14H,3H2,1-2H3;6,10-11H,2-5H2,(H,9,12);2*4-5,8-10H,1-3H2. The smallest absolute Gasteiger partial charge is 0.305 e. The second-order valence-corrected chi connectivity index (χ2v) is 34.1. The largest absolute Gasteiger partial charge is 0.481 e. The summed E-state index contributed by atoms with van der Waals surface area (Å²) in [5.41, 5.74) is -4.69. The fourth-order valence-electron chi connectivity index (χ4n) is 11.9. The van der Waals surface area contributed by atoms with Gasteiger partial charge in [0.2, 0.25) is 47.9 Å². The summed E-state index contributed by atoms with van der Waals surface area (Å²) in [6.07, 6.45) is 8.85. The first-order valence-corrected chi connectivity index (χ1v) is 46.6. The van der Waals surface area contributed by atoms with Crippen molar-refractivity contribution in [2.75, 3.05) is 212 Å². The van der Waals surface area contributed by atoms with Crippen molar-refractivity contribution in [3.8, 4) is 0 Å². The Labute approximate surface area is 810 Å². The molecule has 0 bridgehead atoms. The number of likely N-dealkylation sites (N-methyl/N-ethyl adjacent to an activating group) is 1. The first-order valence-electron chi connectivity index (χ1n) is 46.6. The molecule has 2 heterocycles. The summed E-state index contributed by atoms with van der Waals surface area (Å²) in [7, 11) is 2.74. The lowest BCUT2D eigenvalue weighted by molar-refractivity contribution is -0.156. The number of rotatable bonds is 63. The van der Waals surface area contributed by atoms with E-state index in [1.54, 1.807) is 18.7 Å². The van der Waals surface area contributed by atoms with Gasteiger partial charge in [-0.1, -0.05) is 144 Å². The summed E-state index contributed by atoms with van der Waals surface area (Å²) in [6, 6.07) is -0.608. The normalized spacial score (nSPS) is 15.7. The van der Waals surface area contributed by atoms with E-state index in [0.29, 0.717) is 38.9 Å². The Morgan fingerprint density at radius 3 is 1.14 bits per heavy atom. The predicted molar refractivity (Wildman–Crippen MR) is 499 cm³/mol. The number of carbonyl (C=O) groups excluding carboxylic acids is 9. The van der Waals surface area contributed by atoms with Gasteiger partial charge in [0.15, 0.2) is 12.2 Å². The molecule has 50 nitrogen and oxygen atoms in total. The number of carboxylic acids is 1. The van der Waals surface area contributed by atoms with Crippen molar-refractivity contribution in [3.63, 3.8) is 0 Å². The fourth-order valence-corrected chi connectivity index (χ4v) is 11.9. The molecule has 0 aromatic heterocycles. The number of β-amino-alcohol motifs (C(OH)–C–C–N with tert-alkyl or cyclic N) is 6. The zero-order valence-electron chi connectivity index (χ0n) is 82.2. The second-order valence-electron chi connectivity index (χ2n) is 34.1. The van der Waals surface area contributed by atoms with Crippen molar-refractivity contribution in [1.29, 1.82) is 0 Å². The highest BCUT2D eigenvalue weighted by atomic mass is 16.4. The number of aliphatic hydroxyl groups excluding tert-OH is 29. The highest BCUT2D eigenvalue weighted by molar-refractivity contribution is 5.84. The van der Waals surface area contributed by atoms with Crippen molar-refractivity contribution in [2.45, 2.75) is 274 Å². The Kier molecular flexibility index (Phi) is 92.8. The molecule has 0 aliphatic carbocycles. The Balaban J connectivity index is -0.000000283. The van der Waals surface area contributed by atoms with Gasteiger partial charge in [-0.3, -0.25) is 47.9 Å². The summed E-state index contributed by atoms with van der Waals surface area (Å²) < 4.78 is 0. The highest BCUT2D eigenvalue weighted by Crippen LogP contribution is 2.23. The molecule has 138 heavy (non-hydrogen) atoms. The first kappa shape index (κ1) is 144. The molecule has 50 heteroatoms. The van der Waals surface area contributed by atoms with Gasteiger partial charge in [-0.2, -0.15) is 0 Å².